The van der Waals surface area contributed by atoms with Gasteiger partial charge in [0.2, 0.25) is 0 Å². The Labute approximate surface area is 72.3 Å². The van der Waals surface area contributed by atoms with Gasteiger partial charge in [-0.3, -0.25) is 0 Å². The van der Waals surface area contributed by atoms with Crippen LogP contribution in [0.1, 0.15) is 6.42 Å². The van der Waals surface area contributed by atoms with Gasteiger partial charge in [-0.15, -0.1) is 0 Å². The zero-order chi connectivity index (χ0) is 8.23. The van der Waals surface area contributed by atoms with Crippen LogP contribution in [0.3, 0.4) is 0 Å². The summed E-state index contributed by atoms with van der Waals surface area (Å²) in [5, 5.41) is 6.58. The number of para-hydroxylation sites is 1. The van der Waals surface area contributed by atoms with Crippen LogP contribution < -0.4 is 10.6 Å². The Kier molecular flexibility index (Phi) is 1.99. The first kappa shape index (κ1) is 7.22. The lowest BCUT2D eigenvalue weighted by molar-refractivity contribution is 0.706. The topological polar surface area (TPSA) is 24.1 Å². The van der Waals surface area contributed by atoms with Crippen molar-refractivity contribution >= 4 is 5.69 Å². The summed E-state index contributed by atoms with van der Waals surface area (Å²) in [7, 11) is 0. The maximum atomic E-state index is 3.37. The summed E-state index contributed by atoms with van der Waals surface area (Å²) in [6.45, 7) is 0. The molecule has 2 rings (SSSR count). The molecule has 0 aliphatic carbocycles. The molecule has 2 N–H and O–H groups in total. The molecule has 1 aliphatic rings. The quantitative estimate of drug-likeness (QED) is 0.690. The lowest BCUT2D eigenvalue weighted by atomic mass is 10.3. The molecule has 1 aromatic carbocycles. The third kappa shape index (κ3) is 1.59. The van der Waals surface area contributed by atoms with Crippen LogP contribution in [0.25, 0.3) is 0 Å². The first-order chi connectivity index (χ1) is 5.95. The largest absolute Gasteiger partial charge is 0.371 e. The van der Waals surface area contributed by atoms with Crippen molar-refractivity contribution in [3.63, 3.8) is 0 Å². The highest BCUT2D eigenvalue weighted by Gasteiger charge is 2.06. The molecule has 0 spiro atoms. The molecule has 1 aromatic rings. The highest BCUT2D eigenvalue weighted by Crippen LogP contribution is 2.09. The van der Waals surface area contributed by atoms with E-state index in [-0.39, 0.29) is 0 Å². The molecule has 1 heterocycles. The molecule has 0 radical (unpaired) electrons. The molecule has 1 unspecified atom stereocenters. The van der Waals surface area contributed by atoms with Crippen molar-refractivity contribution in [2.24, 2.45) is 0 Å². The molecule has 2 heteroatoms. The van der Waals surface area contributed by atoms with Crippen molar-refractivity contribution in [1.82, 2.24) is 5.32 Å². The standard InChI is InChI=1S/C10H12N2/c1-2-5-9(6-3-1)12-10-7-4-8-11-10/h1-6,8,10-12H,7H2. The van der Waals surface area contributed by atoms with Crippen molar-refractivity contribution in [3.8, 4) is 0 Å². The molecule has 1 aliphatic heterocycles. The predicted octanol–water partition coefficient (Wildman–Crippen LogP) is 1.93. The second kappa shape index (κ2) is 3.30. The lowest BCUT2D eigenvalue weighted by Gasteiger charge is -2.14. The average Bonchev–Trinajstić information content (AvgIpc) is 2.59. The van der Waals surface area contributed by atoms with Gasteiger partial charge in [0.05, 0.1) is 6.17 Å². The SMILES string of the molecule is C1=CNC(Nc2ccccc2)C1. The summed E-state index contributed by atoms with van der Waals surface area (Å²) in [6.07, 6.45) is 5.53. The van der Waals surface area contributed by atoms with Gasteiger partial charge >= 0.3 is 0 Å². The van der Waals surface area contributed by atoms with E-state index in [2.05, 4.69) is 28.8 Å². The van der Waals surface area contributed by atoms with E-state index in [0.717, 1.165) is 6.42 Å². The Morgan fingerprint density at radius 1 is 1.25 bits per heavy atom. The monoisotopic (exact) mass is 160 g/mol. The maximum Gasteiger partial charge on any atom is 0.0995 e. The van der Waals surface area contributed by atoms with Crippen LogP contribution in [0, 0.1) is 0 Å². The molecular weight excluding hydrogens is 148 g/mol. The number of anilines is 1. The molecule has 0 amide bonds. The number of hydrogen-bond acceptors (Lipinski definition) is 2. The van der Waals surface area contributed by atoms with E-state index in [4.69, 9.17) is 0 Å². The lowest BCUT2D eigenvalue weighted by Crippen LogP contribution is -2.28. The normalized spacial score (nSPS) is 20.5. The Morgan fingerprint density at radius 3 is 2.75 bits per heavy atom. The molecule has 0 saturated carbocycles. The Hall–Kier alpha value is -1.44. The van der Waals surface area contributed by atoms with Gasteiger partial charge in [0, 0.05) is 12.1 Å². The summed E-state index contributed by atoms with van der Waals surface area (Å²) in [4.78, 5) is 0. The number of nitrogens with one attached hydrogen (secondary N) is 2. The minimum absolute atomic E-state index is 0.368. The van der Waals surface area contributed by atoms with Crippen LogP contribution >= 0.6 is 0 Å². The molecule has 2 nitrogen and oxygen atoms in total. The zero-order valence-electron chi connectivity index (χ0n) is 6.83. The molecule has 62 valence electrons. The van der Waals surface area contributed by atoms with Gasteiger partial charge in [-0.2, -0.15) is 0 Å². The second-order valence-electron chi connectivity index (χ2n) is 2.87. The molecule has 0 aromatic heterocycles. The average molecular weight is 160 g/mol. The van der Waals surface area contributed by atoms with Crippen molar-refractivity contribution in [1.29, 1.82) is 0 Å². The number of hydrogen-bond donors (Lipinski definition) is 2. The van der Waals surface area contributed by atoms with Gasteiger partial charge in [-0.25, -0.2) is 0 Å². The Morgan fingerprint density at radius 2 is 2.08 bits per heavy atom. The Balaban J connectivity index is 1.95. The van der Waals surface area contributed by atoms with E-state index in [1.54, 1.807) is 0 Å². The number of benzene rings is 1. The van der Waals surface area contributed by atoms with E-state index in [9.17, 15) is 0 Å². The highest BCUT2D eigenvalue weighted by atomic mass is 15.1. The summed E-state index contributed by atoms with van der Waals surface area (Å²) < 4.78 is 0. The minimum atomic E-state index is 0.368. The molecule has 0 saturated heterocycles. The third-order valence-corrected chi connectivity index (χ3v) is 1.90. The molecular formula is C10H12N2. The fourth-order valence-corrected chi connectivity index (χ4v) is 1.29. The van der Waals surface area contributed by atoms with Gasteiger partial charge < -0.3 is 10.6 Å². The summed E-state index contributed by atoms with van der Waals surface area (Å²) in [5.41, 5.74) is 1.17. The highest BCUT2D eigenvalue weighted by molar-refractivity contribution is 5.43. The van der Waals surface area contributed by atoms with Crippen LogP contribution in [0.15, 0.2) is 42.6 Å². The molecule has 0 fully saturated rings. The van der Waals surface area contributed by atoms with Gasteiger partial charge in [-0.1, -0.05) is 24.3 Å². The smallest absolute Gasteiger partial charge is 0.0995 e. The summed E-state index contributed by atoms with van der Waals surface area (Å²) >= 11 is 0. The fourth-order valence-electron chi connectivity index (χ4n) is 1.29. The first-order valence-corrected chi connectivity index (χ1v) is 4.18. The van der Waals surface area contributed by atoms with Crippen LogP contribution in [0.4, 0.5) is 5.69 Å². The molecule has 0 bridgehead atoms. The van der Waals surface area contributed by atoms with Crippen LogP contribution in [0.5, 0.6) is 0 Å². The maximum absolute atomic E-state index is 3.37. The van der Waals surface area contributed by atoms with E-state index in [1.165, 1.54) is 5.69 Å². The van der Waals surface area contributed by atoms with Crippen molar-refractivity contribution in [2.45, 2.75) is 12.6 Å². The second-order valence-corrected chi connectivity index (χ2v) is 2.87. The van der Waals surface area contributed by atoms with Crippen molar-refractivity contribution in [3.05, 3.63) is 42.6 Å². The molecule has 12 heavy (non-hydrogen) atoms. The van der Waals surface area contributed by atoms with Gasteiger partial charge in [0.15, 0.2) is 0 Å². The predicted molar refractivity (Wildman–Crippen MR) is 50.7 cm³/mol. The van der Waals surface area contributed by atoms with Crippen molar-refractivity contribution < 1.29 is 0 Å². The summed E-state index contributed by atoms with van der Waals surface area (Å²) in [6, 6.07) is 10.2. The summed E-state index contributed by atoms with van der Waals surface area (Å²) in [5.74, 6) is 0. The zero-order valence-corrected chi connectivity index (χ0v) is 6.83. The van der Waals surface area contributed by atoms with E-state index in [1.807, 2.05) is 24.4 Å². The number of rotatable bonds is 2. The fraction of sp³-hybridized carbons (Fsp3) is 0.200. The Bertz CT molecular complexity index is 258. The van der Waals surface area contributed by atoms with Gasteiger partial charge in [-0.05, 0) is 18.3 Å². The minimum Gasteiger partial charge on any atom is -0.371 e. The molecule has 1 atom stereocenters. The first-order valence-electron chi connectivity index (χ1n) is 4.18. The van der Waals surface area contributed by atoms with Crippen LogP contribution in [-0.2, 0) is 0 Å². The van der Waals surface area contributed by atoms with Gasteiger partial charge in [0.1, 0.15) is 0 Å². The third-order valence-electron chi connectivity index (χ3n) is 1.90. The van der Waals surface area contributed by atoms with E-state index >= 15 is 0 Å². The van der Waals surface area contributed by atoms with Gasteiger partial charge in [0.25, 0.3) is 0 Å². The van der Waals surface area contributed by atoms with Crippen LogP contribution in [0.2, 0.25) is 0 Å². The van der Waals surface area contributed by atoms with E-state index < -0.39 is 0 Å². The van der Waals surface area contributed by atoms with Crippen LogP contribution in [-0.4, -0.2) is 6.17 Å². The van der Waals surface area contributed by atoms with Crippen molar-refractivity contribution in [2.75, 3.05) is 5.32 Å². The van der Waals surface area contributed by atoms with E-state index in [0.29, 0.717) is 6.17 Å².